The van der Waals surface area contributed by atoms with Crippen LogP contribution in [-0.4, -0.2) is 45.7 Å². The largest absolute Gasteiger partial charge is 0.477 e. The molecule has 20 heavy (non-hydrogen) atoms. The van der Waals surface area contributed by atoms with E-state index >= 15 is 0 Å². The molecular weight excluding hydrogens is 384 g/mol. The first-order valence-corrected chi connectivity index (χ1v) is 8.21. The zero-order chi connectivity index (χ0) is 15.3. The Morgan fingerprint density at radius 1 is 1.55 bits per heavy atom. The summed E-state index contributed by atoms with van der Waals surface area (Å²) in [7, 11) is -3.92. The zero-order valence-electron chi connectivity index (χ0n) is 9.81. The minimum atomic E-state index is -3.92. The summed E-state index contributed by atoms with van der Waals surface area (Å²) in [5.41, 5.74) is 0. The van der Waals surface area contributed by atoms with Gasteiger partial charge in [-0.15, -0.1) is 11.3 Å². The van der Waals surface area contributed by atoms with Crippen LogP contribution in [0.25, 0.3) is 0 Å². The molecule has 0 saturated carbocycles. The summed E-state index contributed by atoms with van der Waals surface area (Å²) in [4.78, 5) is 10.4. The Hall–Kier alpha value is -0.620. The van der Waals surface area contributed by atoms with E-state index in [2.05, 4.69) is 25.4 Å². The van der Waals surface area contributed by atoms with Gasteiger partial charge in [0.05, 0.1) is 10.4 Å². The lowest BCUT2D eigenvalue weighted by Gasteiger charge is -2.06. The van der Waals surface area contributed by atoms with Gasteiger partial charge in [-0.3, -0.25) is 0 Å². The number of thiophene rings is 1. The average Bonchev–Trinajstić information content (AvgIpc) is 2.71. The van der Waals surface area contributed by atoms with Crippen LogP contribution in [0.15, 0.2) is 14.7 Å². The Morgan fingerprint density at radius 2 is 2.20 bits per heavy atom. The van der Waals surface area contributed by atoms with E-state index in [9.17, 15) is 22.0 Å². The Kier molecular flexibility index (Phi) is 6.45. The van der Waals surface area contributed by atoms with E-state index in [1.165, 1.54) is 0 Å². The van der Waals surface area contributed by atoms with Crippen molar-refractivity contribution < 1.29 is 31.8 Å². The Bertz CT molecular complexity index is 575. The van der Waals surface area contributed by atoms with Crippen LogP contribution in [0.2, 0.25) is 0 Å². The molecule has 114 valence electrons. The predicted octanol–water partition coefficient (Wildman–Crippen LogP) is 1.77. The molecule has 0 aromatic carbocycles. The second-order valence-corrected chi connectivity index (χ2v) is 7.52. The van der Waals surface area contributed by atoms with Gasteiger partial charge >= 0.3 is 5.97 Å². The molecule has 0 radical (unpaired) electrons. The third kappa shape index (κ3) is 5.05. The number of carboxylic acids is 1. The quantitative estimate of drug-likeness (QED) is 0.656. The minimum absolute atomic E-state index is 0.133. The van der Waals surface area contributed by atoms with Crippen LogP contribution in [0, 0.1) is 0 Å². The number of alkyl halides is 2. The molecule has 1 aromatic heterocycles. The van der Waals surface area contributed by atoms with E-state index < -0.39 is 29.0 Å². The predicted molar refractivity (Wildman–Crippen MR) is 71.0 cm³/mol. The normalized spacial score (nSPS) is 12.0. The number of halogens is 3. The van der Waals surface area contributed by atoms with Crippen molar-refractivity contribution in [3.05, 3.63) is 14.7 Å². The number of rotatable bonds is 8. The minimum Gasteiger partial charge on any atom is -0.477 e. The summed E-state index contributed by atoms with van der Waals surface area (Å²) in [6.45, 7) is -1.18. The lowest BCUT2D eigenvalue weighted by atomic mass is 10.5. The van der Waals surface area contributed by atoms with Gasteiger partial charge in [-0.1, -0.05) is 0 Å². The van der Waals surface area contributed by atoms with Crippen LogP contribution in [0.1, 0.15) is 9.67 Å². The van der Waals surface area contributed by atoms with Crippen molar-refractivity contribution in [1.82, 2.24) is 4.72 Å². The lowest BCUT2D eigenvalue weighted by Crippen LogP contribution is -2.28. The molecular formula is C9H10BrF2NO5S2. The fraction of sp³-hybridized carbons (Fsp3) is 0.444. The molecule has 0 atom stereocenters. The van der Waals surface area contributed by atoms with Gasteiger partial charge in [-0.2, -0.15) is 0 Å². The van der Waals surface area contributed by atoms with Crippen LogP contribution in [0.3, 0.4) is 0 Å². The topological polar surface area (TPSA) is 92.7 Å². The molecule has 2 N–H and O–H groups in total. The lowest BCUT2D eigenvalue weighted by molar-refractivity contribution is 0.0199. The monoisotopic (exact) mass is 393 g/mol. The summed E-state index contributed by atoms with van der Waals surface area (Å²) < 4.78 is 54.0. The molecule has 1 heterocycles. The average molecular weight is 394 g/mol. The van der Waals surface area contributed by atoms with Gasteiger partial charge in [0.2, 0.25) is 10.0 Å². The first-order valence-electron chi connectivity index (χ1n) is 5.12. The molecule has 0 bridgehead atoms. The molecule has 0 unspecified atom stereocenters. The van der Waals surface area contributed by atoms with Crippen molar-refractivity contribution in [1.29, 1.82) is 0 Å². The molecule has 0 aliphatic carbocycles. The van der Waals surface area contributed by atoms with Gasteiger partial charge < -0.3 is 9.84 Å². The first-order chi connectivity index (χ1) is 9.24. The molecule has 0 fully saturated rings. The van der Waals surface area contributed by atoms with Crippen molar-refractivity contribution in [2.45, 2.75) is 11.3 Å². The first kappa shape index (κ1) is 17.4. The summed E-state index contributed by atoms with van der Waals surface area (Å²) in [6.07, 6.45) is -2.62. The van der Waals surface area contributed by atoms with Gasteiger partial charge in [-0.05, 0) is 22.0 Å². The third-order valence-electron chi connectivity index (χ3n) is 1.94. The van der Waals surface area contributed by atoms with Crippen molar-refractivity contribution in [2.75, 3.05) is 19.8 Å². The smallest absolute Gasteiger partial charge is 0.345 e. The van der Waals surface area contributed by atoms with E-state index in [-0.39, 0.29) is 26.7 Å². The highest BCUT2D eigenvalue weighted by molar-refractivity contribution is 9.11. The van der Waals surface area contributed by atoms with Crippen LogP contribution >= 0.6 is 27.3 Å². The fourth-order valence-corrected chi connectivity index (χ4v) is 4.55. The van der Waals surface area contributed by atoms with Crippen LogP contribution < -0.4 is 4.72 Å². The highest BCUT2D eigenvalue weighted by atomic mass is 79.9. The molecule has 11 heteroatoms. The van der Waals surface area contributed by atoms with Crippen molar-refractivity contribution in [2.24, 2.45) is 0 Å². The van der Waals surface area contributed by atoms with Crippen LogP contribution in [0.4, 0.5) is 8.78 Å². The van der Waals surface area contributed by atoms with E-state index in [0.29, 0.717) is 0 Å². The Labute approximate surface area is 125 Å². The maximum atomic E-state index is 11.9. The number of ether oxygens (including phenoxy) is 1. The maximum absolute atomic E-state index is 11.9. The number of nitrogens with one attached hydrogen (secondary N) is 1. The fourth-order valence-electron chi connectivity index (χ4n) is 1.14. The van der Waals surface area contributed by atoms with Crippen LogP contribution in [0.5, 0.6) is 0 Å². The number of carboxylic acid groups (broad SMARTS) is 1. The van der Waals surface area contributed by atoms with Crippen molar-refractivity contribution in [3.8, 4) is 0 Å². The molecule has 6 nitrogen and oxygen atoms in total. The second-order valence-electron chi connectivity index (χ2n) is 3.42. The molecule has 0 aliphatic rings. The van der Waals surface area contributed by atoms with E-state index in [4.69, 9.17) is 5.11 Å². The van der Waals surface area contributed by atoms with Gasteiger partial charge in [0, 0.05) is 6.54 Å². The van der Waals surface area contributed by atoms with Crippen LogP contribution in [-0.2, 0) is 14.8 Å². The summed E-state index contributed by atoms with van der Waals surface area (Å²) in [5.74, 6) is -1.24. The number of aromatic carboxylic acids is 1. The Morgan fingerprint density at radius 3 is 2.70 bits per heavy atom. The van der Waals surface area contributed by atoms with Gasteiger partial charge in [0.1, 0.15) is 16.4 Å². The van der Waals surface area contributed by atoms with Gasteiger partial charge in [0.15, 0.2) is 0 Å². The Balaban J connectivity index is 2.63. The number of hydrogen-bond donors (Lipinski definition) is 2. The second kappa shape index (κ2) is 7.41. The number of hydrogen-bond acceptors (Lipinski definition) is 5. The summed E-state index contributed by atoms with van der Waals surface area (Å²) >= 11 is 3.73. The summed E-state index contributed by atoms with van der Waals surface area (Å²) in [6, 6.07) is 1.01. The molecule has 0 aliphatic heterocycles. The third-order valence-corrected chi connectivity index (χ3v) is 5.64. The highest BCUT2D eigenvalue weighted by Crippen LogP contribution is 2.31. The number of carbonyl (C=O) groups is 1. The van der Waals surface area contributed by atoms with E-state index in [0.717, 1.165) is 17.4 Å². The maximum Gasteiger partial charge on any atom is 0.345 e. The zero-order valence-corrected chi connectivity index (χ0v) is 13.0. The van der Waals surface area contributed by atoms with E-state index in [1.54, 1.807) is 0 Å². The van der Waals surface area contributed by atoms with E-state index in [1.807, 2.05) is 0 Å². The van der Waals surface area contributed by atoms with Gasteiger partial charge in [0.25, 0.3) is 6.43 Å². The molecule has 0 spiro atoms. The SMILES string of the molecule is O=C(O)c1cc(S(=O)(=O)NCCOCC(F)F)c(Br)s1. The summed E-state index contributed by atoms with van der Waals surface area (Å²) in [5, 5.41) is 8.77. The molecule has 1 aromatic rings. The molecule has 1 rings (SSSR count). The van der Waals surface area contributed by atoms with Crippen molar-refractivity contribution in [3.63, 3.8) is 0 Å². The van der Waals surface area contributed by atoms with Gasteiger partial charge in [-0.25, -0.2) is 26.7 Å². The highest BCUT2D eigenvalue weighted by Gasteiger charge is 2.22. The standard InChI is InChI=1S/C9H10BrF2NO5S2/c10-8-6(3-5(19-8)9(14)15)20(16,17)13-1-2-18-4-7(11)12/h3,7,13H,1-2,4H2,(H,14,15). The van der Waals surface area contributed by atoms with Crippen molar-refractivity contribution >= 4 is 43.3 Å². The molecule has 0 amide bonds. The molecule has 0 saturated heterocycles. The number of sulfonamides is 1.